The Labute approximate surface area is 140 Å². The Bertz CT molecular complexity index is 745. The van der Waals surface area contributed by atoms with E-state index in [1.807, 2.05) is 0 Å². The number of nitrogens with one attached hydrogen (secondary N) is 1. The average molecular weight is 387 g/mol. The Kier molecular flexibility index (Phi) is 5.41. The van der Waals surface area contributed by atoms with Gasteiger partial charge in [-0.25, -0.2) is 25.9 Å². The Morgan fingerprint density at radius 1 is 1.18 bits per heavy atom. The van der Waals surface area contributed by atoms with Crippen LogP contribution in [0, 0.1) is 0 Å². The molecule has 6 nitrogen and oxygen atoms in total. The lowest BCUT2D eigenvalue weighted by Crippen LogP contribution is -2.49. The van der Waals surface area contributed by atoms with Crippen molar-refractivity contribution in [2.75, 3.05) is 19.3 Å². The summed E-state index contributed by atoms with van der Waals surface area (Å²) in [5, 5.41) is 0.0477. The second-order valence-electron chi connectivity index (χ2n) is 5.13. The first-order valence-corrected chi connectivity index (χ1v) is 10.6. The number of sulfonamides is 2. The zero-order valence-corrected chi connectivity index (χ0v) is 14.9. The van der Waals surface area contributed by atoms with Crippen LogP contribution in [0.15, 0.2) is 23.1 Å². The largest absolute Gasteiger partial charge is 0.243 e. The number of benzene rings is 1. The number of hydrogen-bond acceptors (Lipinski definition) is 4. The van der Waals surface area contributed by atoms with Gasteiger partial charge in [-0.15, -0.1) is 0 Å². The van der Waals surface area contributed by atoms with E-state index in [0.717, 1.165) is 6.26 Å². The van der Waals surface area contributed by atoms with Crippen LogP contribution in [0.1, 0.15) is 12.8 Å². The van der Waals surface area contributed by atoms with Crippen LogP contribution in [-0.2, 0) is 20.0 Å². The molecule has 0 saturated carbocycles. The second-order valence-corrected chi connectivity index (χ2v) is 9.58. The molecule has 1 fully saturated rings. The fraction of sp³-hybridized carbons (Fsp3) is 0.500. The highest BCUT2D eigenvalue weighted by atomic mass is 35.5. The minimum absolute atomic E-state index is 0.0239. The van der Waals surface area contributed by atoms with Crippen LogP contribution in [0.4, 0.5) is 0 Å². The molecular formula is C12H16Cl2N2O4S2. The highest BCUT2D eigenvalue weighted by Crippen LogP contribution is 2.29. The van der Waals surface area contributed by atoms with Crippen molar-refractivity contribution in [1.82, 2.24) is 9.03 Å². The van der Waals surface area contributed by atoms with Crippen molar-refractivity contribution >= 4 is 43.2 Å². The molecule has 0 aliphatic carbocycles. The standard InChI is InChI=1S/C12H16Cl2N2O4S2/c1-21(17,18)16-7-3-4-9(8-16)15-22(19,20)12-10(13)5-2-6-11(12)14/h2,5-6,9,15H,3-4,7-8H2,1H3. The minimum Gasteiger partial charge on any atom is -0.213 e. The molecule has 1 saturated heterocycles. The van der Waals surface area contributed by atoms with Gasteiger partial charge >= 0.3 is 0 Å². The molecule has 1 unspecified atom stereocenters. The van der Waals surface area contributed by atoms with E-state index in [1.165, 1.54) is 16.4 Å². The van der Waals surface area contributed by atoms with Gasteiger partial charge in [0.05, 0.1) is 16.3 Å². The maximum Gasteiger partial charge on any atom is 0.243 e. The van der Waals surface area contributed by atoms with E-state index < -0.39 is 26.1 Å². The molecule has 10 heteroatoms. The lowest BCUT2D eigenvalue weighted by atomic mass is 10.1. The minimum atomic E-state index is -3.93. The summed E-state index contributed by atoms with van der Waals surface area (Å²) < 4.78 is 51.8. The predicted molar refractivity (Wildman–Crippen MR) is 86.2 cm³/mol. The smallest absolute Gasteiger partial charge is 0.213 e. The molecule has 2 rings (SSSR count). The molecule has 1 aromatic carbocycles. The maximum atomic E-state index is 12.5. The summed E-state index contributed by atoms with van der Waals surface area (Å²) in [7, 11) is -7.27. The van der Waals surface area contributed by atoms with E-state index in [0.29, 0.717) is 19.4 Å². The Morgan fingerprint density at radius 2 is 1.77 bits per heavy atom. The van der Waals surface area contributed by atoms with Crippen molar-refractivity contribution in [3.05, 3.63) is 28.2 Å². The first-order valence-electron chi connectivity index (χ1n) is 6.53. The van der Waals surface area contributed by atoms with Gasteiger partial charge in [0.2, 0.25) is 20.0 Å². The molecule has 1 aromatic rings. The average Bonchev–Trinajstić information content (AvgIpc) is 2.36. The van der Waals surface area contributed by atoms with Crippen molar-refractivity contribution < 1.29 is 16.8 Å². The molecule has 0 aromatic heterocycles. The second kappa shape index (κ2) is 6.62. The van der Waals surface area contributed by atoms with Crippen molar-refractivity contribution in [1.29, 1.82) is 0 Å². The van der Waals surface area contributed by atoms with Crippen molar-refractivity contribution in [3.8, 4) is 0 Å². The molecule has 0 spiro atoms. The first-order chi connectivity index (χ1) is 10.1. The summed E-state index contributed by atoms with van der Waals surface area (Å²) in [4.78, 5) is -0.185. The molecular weight excluding hydrogens is 371 g/mol. The molecule has 0 radical (unpaired) electrons. The van der Waals surface area contributed by atoms with Crippen LogP contribution in [0.5, 0.6) is 0 Å². The van der Waals surface area contributed by atoms with Crippen LogP contribution in [0.25, 0.3) is 0 Å². The number of rotatable bonds is 4. The van der Waals surface area contributed by atoms with Crippen LogP contribution in [-0.4, -0.2) is 46.5 Å². The number of hydrogen-bond donors (Lipinski definition) is 1. The Morgan fingerprint density at radius 3 is 2.32 bits per heavy atom. The fourth-order valence-corrected chi connectivity index (χ4v) is 5.67. The van der Waals surface area contributed by atoms with Gasteiger partial charge in [0, 0.05) is 19.1 Å². The van der Waals surface area contributed by atoms with Crippen molar-refractivity contribution in [2.45, 2.75) is 23.8 Å². The summed E-state index contributed by atoms with van der Waals surface area (Å²) in [6.45, 7) is 0.490. The monoisotopic (exact) mass is 386 g/mol. The van der Waals surface area contributed by atoms with Crippen molar-refractivity contribution in [2.24, 2.45) is 0 Å². The lowest BCUT2D eigenvalue weighted by molar-refractivity contribution is 0.305. The Hall–Kier alpha value is -0.380. The normalized spacial score (nSPS) is 21.0. The first kappa shape index (κ1) is 18.0. The van der Waals surface area contributed by atoms with Gasteiger partial charge in [0.1, 0.15) is 4.90 Å². The van der Waals surface area contributed by atoms with Gasteiger partial charge < -0.3 is 0 Å². The molecule has 1 aliphatic rings. The van der Waals surface area contributed by atoms with Gasteiger partial charge in [-0.2, -0.15) is 0 Å². The van der Waals surface area contributed by atoms with Crippen LogP contribution in [0.3, 0.4) is 0 Å². The fourth-order valence-electron chi connectivity index (χ4n) is 2.36. The Balaban J connectivity index is 2.22. The van der Waals surface area contributed by atoms with Crippen LogP contribution >= 0.6 is 23.2 Å². The maximum absolute atomic E-state index is 12.5. The summed E-state index contributed by atoms with van der Waals surface area (Å²) in [5.74, 6) is 0. The quantitative estimate of drug-likeness (QED) is 0.853. The van der Waals surface area contributed by atoms with Gasteiger partial charge in [-0.1, -0.05) is 29.3 Å². The highest BCUT2D eigenvalue weighted by Gasteiger charge is 2.30. The third-order valence-electron chi connectivity index (χ3n) is 3.36. The van der Waals surface area contributed by atoms with Crippen molar-refractivity contribution in [3.63, 3.8) is 0 Å². The predicted octanol–water partition coefficient (Wildman–Crippen LogP) is 1.70. The molecule has 1 aliphatic heterocycles. The number of halogens is 2. The summed E-state index contributed by atoms with van der Waals surface area (Å²) in [6, 6.07) is 3.91. The molecule has 22 heavy (non-hydrogen) atoms. The molecule has 0 amide bonds. The number of nitrogens with zero attached hydrogens (tertiary/aromatic N) is 1. The van der Waals surface area contributed by atoms with Gasteiger partial charge in [0.15, 0.2) is 0 Å². The number of piperidine rings is 1. The van der Waals surface area contributed by atoms with E-state index in [1.54, 1.807) is 6.07 Å². The molecule has 1 atom stereocenters. The molecule has 1 heterocycles. The highest BCUT2D eigenvalue weighted by molar-refractivity contribution is 7.89. The molecule has 124 valence electrons. The third kappa shape index (κ3) is 4.12. The van der Waals surface area contributed by atoms with E-state index >= 15 is 0 Å². The lowest BCUT2D eigenvalue weighted by Gasteiger charge is -2.31. The van der Waals surface area contributed by atoms with E-state index in [-0.39, 0.29) is 21.5 Å². The molecule has 1 N–H and O–H groups in total. The van der Waals surface area contributed by atoms with E-state index in [4.69, 9.17) is 23.2 Å². The topological polar surface area (TPSA) is 83.6 Å². The zero-order valence-electron chi connectivity index (χ0n) is 11.8. The van der Waals surface area contributed by atoms with E-state index in [9.17, 15) is 16.8 Å². The van der Waals surface area contributed by atoms with Crippen LogP contribution < -0.4 is 4.72 Å². The summed E-state index contributed by atoms with van der Waals surface area (Å²) in [5.41, 5.74) is 0. The SMILES string of the molecule is CS(=O)(=O)N1CCCC(NS(=O)(=O)c2c(Cl)cccc2Cl)C1. The van der Waals surface area contributed by atoms with E-state index in [2.05, 4.69) is 4.72 Å². The van der Waals surface area contributed by atoms with Gasteiger partial charge in [-0.05, 0) is 25.0 Å². The third-order valence-corrected chi connectivity index (χ3v) is 7.11. The summed E-state index contributed by atoms with van der Waals surface area (Å²) >= 11 is 11.8. The molecule has 0 bridgehead atoms. The van der Waals surface area contributed by atoms with Gasteiger partial charge in [-0.3, -0.25) is 0 Å². The van der Waals surface area contributed by atoms with Gasteiger partial charge in [0.25, 0.3) is 0 Å². The zero-order chi connectivity index (χ0) is 16.5. The van der Waals surface area contributed by atoms with Crippen LogP contribution in [0.2, 0.25) is 10.0 Å². The summed E-state index contributed by atoms with van der Waals surface area (Å²) in [6.07, 6.45) is 2.23.